The Kier molecular flexibility index (Phi) is 3.53. The Labute approximate surface area is 121 Å². The number of amides is 1. The summed E-state index contributed by atoms with van der Waals surface area (Å²) in [7, 11) is 0. The van der Waals surface area contributed by atoms with Gasteiger partial charge in [-0.2, -0.15) is 0 Å². The molecule has 1 atom stereocenters. The quantitative estimate of drug-likeness (QED) is 0.598. The second-order valence-corrected chi connectivity index (χ2v) is 6.48. The molecule has 3 rings (SSSR count). The molecule has 110 valence electrons. The van der Waals surface area contributed by atoms with Crippen molar-refractivity contribution in [2.45, 2.75) is 37.5 Å². The minimum Gasteiger partial charge on any atom is -0.393 e. The number of hydrogen-bond donors (Lipinski definition) is 4. The summed E-state index contributed by atoms with van der Waals surface area (Å²) in [5.41, 5.74) is 11.7. The van der Waals surface area contributed by atoms with E-state index in [9.17, 15) is 9.90 Å². The van der Waals surface area contributed by atoms with Crippen molar-refractivity contribution >= 4 is 28.2 Å². The van der Waals surface area contributed by atoms with Gasteiger partial charge < -0.3 is 26.8 Å². The van der Waals surface area contributed by atoms with Crippen LogP contribution in [0.5, 0.6) is 0 Å². The zero-order chi connectivity index (χ0) is 14.3. The van der Waals surface area contributed by atoms with E-state index in [0.29, 0.717) is 17.7 Å². The van der Waals surface area contributed by atoms with Crippen molar-refractivity contribution in [3.05, 3.63) is 4.88 Å². The lowest BCUT2D eigenvalue weighted by Gasteiger charge is -2.31. The van der Waals surface area contributed by atoms with Crippen LogP contribution >= 0.6 is 11.3 Å². The Morgan fingerprint density at radius 2 is 2.25 bits per heavy atom. The number of aliphatic hydroxyl groups is 1. The Morgan fingerprint density at radius 3 is 2.85 bits per heavy atom. The lowest BCUT2D eigenvalue weighted by atomic mass is 9.89. The second-order valence-electron chi connectivity index (χ2n) is 5.50. The third kappa shape index (κ3) is 2.58. The smallest absolute Gasteiger partial charge is 0.265 e. The molecule has 1 saturated carbocycles. The maximum absolute atomic E-state index is 12.1. The molecule has 2 aliphatic rings. The third-order valence-corrected chi connectivity index (χ3v) is 4.92. The Balaban J connectivity index is 1.67. The lowest BCUT2D eigenvalue weighted by molar-refractivity contribution is 0.0565. The average molecular weight is 297 g/mol. The molecular formula is C12H19N5O2S. The summed E-state index contributed by atoms with van der Waals surface area (Å²) in [5.74, 6) is 0.0643. The van der Waals surface area contributed by atoms with E-state index in [4.69, 9.17) is 11.5 Å². The predicted molar refractivity (Wildman–Crippen MR) is 77.8 cm³/mol. The van der Waals surface area contributed by atoms with Gasteiger partial charge in [0.05, 0.1) is 6.10 Å². The average Bonchev–Trinajstić information content (AvgIpc) is 2.93. The fourth-order valence-electron chi connectivity index (χ4n) is 2.54. The molecular weight excluding hydrogens is 278 g/mol. The molecule has 1 aromatic rings. The van der Waals surface area contributed by atoms with Crippen LogP contribution in [0.2, 0.25) is 0 Å². The highest BCUT2D eigenvalue weighted by Crippen LogP contribution is 2.30. The first-order valence-corrected chi connectivity index (χ1v) is 7.60. The van der Waals surface area contributed by atoms with E-state index in [1.807, 2.05) is 0 Å². The number of aromatic nitrogens is 1. The van der Waals surface area contributed by atoms with Crippen LogP contribution in [0.15, 0.2) is 0 Å². The Hall–Kier alpha value is -1.38. The van der Waals surface area contributed by atoms with E-state index in [-0.39, 0.29) is 29.9 Å². The van der Waals surface area contributed by atoms with Crippen molar-refractivity contribution in [1.29, 1.82) is 0 Å². The molecule has 0 spiro atoms. The molecule has 6 N–H and O–H groups in total. The van der Waals surface area contributed by atoms with Crippen LogP contribution in [0.1, 0.15) is 28.9 Å². The molecule has 0 bridgehead atoms. The second kappa shape index (κ2) is 5.19. The van der Waals surface area contributed by atoms with Crippen molar-refractivity contribution in [2.75, 3.05) is 23.7 Å². The topological polar surface area (TPSA) is 118 Å². The van der Waals surface area contributed by atoms with Crippen LogP contribution in [0.25, 0.3) is 0 Å². The Morgan fingerprint density at radius 1 is 1.50 bits per heavy atom. The van der Waals surface area contributed by atoms with Crippen LogP contribution < -0.4 is 21.7 Å². The van der Waals surface area contributed by atoms with E-state index in [0.717, 1.165) is 24.6 Å². The number of aliphatic hydroxyl groups excluding tert-OH is 1. The van der Waals surface area contributed by atoms with Gasteiger partial charge in [-0.15, -0.1) is 0 Å². The van der Waals surface area contributed by atoms with Gasteiger partial charge in [0.1, 0.15) is 10.7 Å². The number of thiazole rings is 1. The summed E-state index contributed by atoms with van der Waals surface area (Å²) in [6.45, 7) is 1.60. The molecule has 20 heavy (non-hydrogen) atoms. The van der Waals surface area contributed by atoms with Crippen LogP contribution in [0.3, 0.4) is 0 Å². The van der Waals surface area contributed by atoms with E-state index >= 15 is 0 Å². The minimum absolute atomic E-state index is 0.0441. The van der Waals surface area contributed by atoms with Gasteiger partial charge >= 0.3 is 0 Å². The molecule has 7 nitrogen and oxygen atoms in total. The number of nitrogens with zero attached hydrogens (tertiary/aromatic N) is 2. The third-order valence-electron chi connectivity index (χ3n) is 3.79. The normalized spacial score (nSPS) is 29.3. The van der Waals surface area contributed by atoms with Crippen LogP contribution in [0.4, 0.5) is 10.9 Å². The first-order valence-electron chi connectivity index (χ1n) is 6.78. The summed E-state index contributed by atoms with van der Waals surface area (Å²) in [5, 5.41) is 12.8. The molecule has 1 saturated heterocycles. The number of hydrogen-bond acceptors (Lipinski definition) is 7. The van der Waals surface area contributed by atoms with Gasteiger partial charge in [0.15, 0.2) is 5.13 Å². The molecule has 2 fully saturated rings. The van der Waals surface area contributed by atoms with Crippen LogP contribution in [-0.2, 0) is 0 Å². The van der Waals surface area contributed by atoms with Crippen molar-refractivity contribution < 1.29 is 9.90 Å². The highest BCUT2D eigenvalue weighted by atomic mass is 32.1. The number of anilines is 2. The van der Waals surface area contributed by atoms with E-state index in [1.54, 1.807) is 0 Å². The van der Waals surface area contributed by atoms with Crippen molar-refractivity contribution in [2.24, 2.45) is 5.73 Å². The summed E-state index contributed by atoms with van der Waals surface area (Å²) in [6, 6.07) is 0.205. The number of nitrogens with two attached hydrogens (primary N) is 2. The highest BCUT2D eigenvalue weighted by molar-refractivity contribution is 7.18. The molecule has 0 aromatic carbocycles. The van der Waals surface area contributed by atoms with Gasteiger partial charge in [-0.05, 0) is 19.3 Å². The molecule has 1 aliphatic heterocycles. The predicted octanol–water partition coefficient (Wildman–Crippen LogP) is -0.484. The van der Waals surface area contributed by atoms with E-state index in [1.165, 1.54) is 11.3 Å². The van der Waals surface area contributed by atoms with Crippen molar-refractivity contribution in [3.8, 4) is 0 Å². The fourth-order valence-corrected chi connectivity index (χ4v) is 3.46. The zero-order valence-electron chi connectivity index (χ0n) is 11.1. The first-order chi connectivity index (χ1) is 9.52. The van der Waals surface area contributed by atoms with Crippen molar-refractivity contribution in [3.63, 3.8) is 0 Å². The summed E-state index contributed by atoms with van der Waals surface area (Å²) < 4.78 is 0. The number of carbonyl (C=O) groups excluding carboxylic acids is 1. The first kappa shape index (κ1) is 13.6. The van der Waals surface area contributed by atoms with E-state index < -0.39 is 0 Å². The largest absolute Gasteiger partial charge is 0.393 e. The van der Waals surface area contributed by atoms with Gasteiger partial charge in [0, 0.05) is 25.2 Å². The Bertz CT molecular complexity index is 514. The monoisotopic (exact) mass is 297 g/mol. The van der Waals surface area contributed by atoms with Gasteiger partial charge in [-0.3, -0.25) is 4.79 Å². The number of nitrogens with one attached hydrogen (secondary N) is 1. The van der Waals surface area contributed by atoms with Crippen LogP contribution in [-0.4, -0.2) is 47.3 Å². The molecule has 0 radical (unpaired) electrons. The highest BCUT2D eigenvalue weighted by Gasteiger charge is 2.30. The zero-order valence-corrected chi connectivity index (χ0v) is 11.9. The SMILES string of the molecule is Nc1nc(N2CCC(N)C2)sc1C(=O)NC1CC(O)C1. The van der Waals surface area contributed by atoms with Gasteiger partial charge in [-0.25, -0.2) is 4.98 Å². The molecule has 8 heteroatoms. The minimum atomic E-state index is -0.291. The maximum Gasteiger partial charge on any atom is 0.265 e. The lowest BCUT2D eigenvalue weighted by Crippen LogP contribution is -2.46. The summed E-state index contributed by atoms with van der Waals surface area (Å²) in [6.07, 6.45) is 1.86. The molecule has 1 aliphatic carbocycles. The summed E-state index contributed by atoms with van der Waals surface area (Å²) >= 11 is 1.30. The molecule has 1 unspecified atom stereocenters. The van der Waals surface area contributed by atoms with E-state index in [2.05, 4.69) is 15.2 Å². The van der Waals surface area contributed by atoms with Gasteiger partial charge in [-0.1, -0.05) is 11.3 Å². The molecule has 1 aromatic heterocycles. The van der Waals surface area contributed by atoms with Crippen LogP contribution in [0, 0.1) is 0 Å². The maximum atomic E-state index is 12.1. The number of carbonyl (C=O) groups is 1. The molecule has 1 amide bonds. The van der Waals surface area contributed by atoms with Gasteiger partial charge in [0.25, 0.3) is 5.91 Å². The number of rotatable bonds is 3. The summed E-state index contributed by atoms with van der Waals surface area (Å²) in [4.78, 5) is 18.9. The number of nitrogen functional groups attached to an aromatic ring is 1. The fraction of sp³-hybridized carbons (Fsp3) is 0.667. The standard InChI is InChI=1S/C12H19N5O2S/c13-6-1-2-17(5-6)12-16-10(14)9(20-12)11(19)15-7-3-8(18)4-7/h6-8,18H,1-5,13-14H2,(H,15,19). The van der Waals surface area contributed by atoms with Gasteiger partial charge in [0.2, 0.25) is 0 Å². The van der Waals surface area contributed by atoms with Crippen molar-refractivity contribution in [1.82, 2.24) is 10.3 Å². The molecule has 2 heterocycles.